The van der Waals surface area contributed by atoms with E-state index in [0.29, 0.717) is 19.6 Å². The minimum Gasteiger partial charge on any atom is -0.350 e. The zero-order valence-corrected chi connectivity index (χ0v) is 16.4. The average Bonchev–Trinajstić information content (AvgIpc) is 3.20. The third-order valence-electron chi connectivity index (χ3n) is 5.54. The molecule has 1 atom stereocenters. The van der Waals surface area contributed by atoms with Gasteiger partial charge in [-0.3, -0.25) is 4.79 Å². The summed E-state index contributed by atoms with van der Waals surface area (Å²) in [5.74, 6) is 0.139. The maximum absolute atomic E-state index is 13.8. The van der Waals surface area contributed by atoms with Crippen molar-refractivity contribution in [1.82, 2.24) is 4.90 Å². The summed E-state index contributed by atoms with van der Waals surface area (Å²) in [5, 5.41) is 0. The molecule has 2 aromatic rings. The molecule has 0 spiro atoms. The first-order chi connectivity index (χ1) is 13.0. The van der Waals surface area contributed by atoms with Crippen LogP contribution in [0.1, 0.15) is 30.9 Å². The Morgan fingerprint density at radius 1 is 1.00 bits per heavy atom. The van der Waals surface area contributed by atoms with E-state index in [4.69, 9.17) is 9.47 Å². The van der Waals surface area contributed by atoms with Crippen molar-refractivity contribution < 1.29 is 14.3 Å². The van der Waals surface area contributed by atoms with E-state index >= 15 is 0 Å². The summed E-state index contributed by atoms with van der Waals surface area (Å²) in [7, 11) is 4.11. The number of hydrogen-bond acceptors (Lipinski definition) is 4. The smallest absolute Gasteiger partial charge is 0.164 e. The maximum atomic E-state index is 13.8. The van der Waals surface area contributed by atoms with Crippen LogP contribution in [0.2, 0.25) is 0 Å². The van der Waals surface area contributed by atoms with Crippen LogP contribution in [-0.2, 0) is 19.7 Å². The maximum Gasteiger partial charge on any atom is 0.164 e. The Hall–Kier alpha value is -2.01. The molecule has 4 heteroatoms. The third kappa shape index (κ3) is 4.29. The lowest BCUT2D eigenvalue weighted by atomic mass is 9.66. The molecule has 4 nitrogen and oxygen atoms in total. The molecule has 144 valence electrons. The summed E-state index contributed by atoms with van der Waals surface area (Å²) >= 11 is 0. The lowest BCUT2D eigenvalue weighted by molar-refractivity contribution is -0.132. The van der Waals surface area contributed by atoms with Crippen molar-refractivity contribution >= 4 is 5.78 Å². The van der Waals surface area contributed by atoms with Gasteiger partial charge < -0.3 is 14.4 Å². The first-order valence-corrected chi connectivity index (χ1v) is 9.58. The summed E-state index contributed by atoms with van der Waals surface area (Å²) in [4.78, 5) is 16.0. The summed E-state index contributed by atoms with van der Waals surface area (Å²) in [6.45, 7) is 3.27. The van der Waals surface area contributed by atoms with Crippen molar-refractivity contribution in [3.05, 3.63) is 71.8 Å². The SMILES string of the molecule is C[C@@H](CC(C(=O)CC1OCCO1)(c1ccccc1)c1ccccc1)N(C)C. The van der Waals surface area contributed by atoms with E-state index < -0.39 is 11.7 Å². The molecule has 1 saturated heterocycles. The highest BCUT2D eigenvalue weighted by Crippen LogP contribution is 2.40. The third-order valence-corrected chi connectivity index (χ3v) is 5.54. The Kier molecular flexibility index (Phi) is 6.42. The number of carbonyl (C=O) groups is 1. The quantitative estimate of drug-likeness (QED) is 0.714. The van der Waals surface area contributed by atoms with Crippen LogP contribution >= 0.6 is 0 Å². The molecule has 0 saturated carbocycles. The summed E-state index contributed by atoms with van der Waals surface area (Å²) in [6, 6.07) is 20.4. The van der Waals surface area contributed by atoms with Crippen LogP contribution in [0.4, 0.5) is 0 Å². The zero-order chi connectivity index (χ0) is 19.3. The molecule has 1 aliphatic heterocycles. The number of nitrogens with zero attached hydrogens (tertiary/aromatic N) is 1. The summed E-state index contributed by atoms with van der Waals surface area (Å²) in [5.41, 5.74) is 1.31. The van der Waals surface area contributed by atoms with E-state index in [1.165, 1.54) is 0 Å². The summed E-state index contributed by atoms with van der Waals surface area (Å²) < 4.78 is 11.2. The van der Waals surface area contributed by atoms with Crippen molar-refractivity contribution in [3.63, 3.8) is 0 Å². The predicted octanol–water partition coefficient (Wildman–Crippen LogP) is 3.65. The Morgan fingerprint density at radius 2 is 1.48 bits per heavy atom. The van der Waals surface area contributed by atoms with Gasteiger partial charge in [0.05, 0.1) is 25.0 Å². The second kappa shape index (κ2) is 8.79. The second-order valence-corrected chi connectivity index (χ2v) is 7.45. The van der Waals surface area contributed by atoms with Crippen LogP contribution in [0.25, 0.3) is 0 Å². The minimum absolute atomic E-state index is 0.139. The molecule has 0 amide bonds. The van der Waals surface area contributed by atoms with Crippen LogP contribution in [0, 0.1) is 0 Å². The molecule has 0 bridgehead atoms. The standard InChI is InChI=1S/C23H29NO3/c1-18(24(2)3)17-23(19-10-6-4-7-11-19,20-12-8-5-9-13-20)21(25)16-22-26-14-15-27-22/h4-13,18,22H,14-17H2,1-3H3/t18-/m0/s1. The fourth-order valence-electron chi connectivity index (χ4n) is 3.76. The van der Waals surface area contributed by atoms with E-state index in [0.717, 1.165) is 11.1 Å². The Morgan fingerprint density at radius 3 is 1.93 bits per heavy atom. The molecule has 0 aliphatic carbocycles. The van der Waals surface area contributed by atoms with Crippen molar-refractivity contribution in [2.75, 3.05) is 27.3 Å². The first kappa shape index (κ1) is 19.7. The molecular formula is C23H29NO3. The average molecular weight is 367 g/mol. The topological polar surface area (TPSA) is 38.8 Å². The highest BCUT2D eigenvalue weighted by Gasteiger charge is 2.44. The van der Waals surface area contributed by atoms with Crippen molar-refractivity contribution in [3.8, 4) is 0 Å². The number of benzene rings is 2. The Bertz CT molecular complexity index is 684. The highest BCUT2D eigenvalue weighted by molar-refractivity contribution is 5.94. The summed E-state index contributed by atoms with van der Waals surface area (Å²) in [6.07, 6.45) is 0.503. The van der Waals surface area contributed by atoms with Gasteiger partial charge in [0.1, 0.15) is 0 Å². The fourth-order valence-corrected chi connectivity index (χ4v) is 3.76. The van der Waals surface area contributed by atoms with Gasteiger partial charge in [0.25, 0.3) is 0 Å². The molecule has 0 radical (unpaired) electrons. The van der Waals surface area contributed by atoms with Crippen LogP contribution in [-0.4, -0.2) is 50.3 Å². The fraction of sp³-hybridized carbons (Fsp3) is 0.435. The van der Waals surface area contributed by atoms with Crippen molar-refractivity contribution in [2.24, 2.45) is 0 Å². The molecule has 1 aliphatic rings. The van der Waals surface area contributed by atoms with E-state index in [1.54, 1.807) is 0 Å². The van der Waals surface area contributed by atoms with Gasteiger partial charge in [-0.1, -0.05) is 60.7 Å². The largest absolute Gasteiger partial charge is 0.350 e. The van der Waals surface area contributed by atoms with Gasteiger partial charge in [0.15, 0.2) is 12.1 Å². The van der Waals surface area contributed by atoms with E-state index in [9.17, 15) is 4.79 Å². The monoisotopic (exact) mass is 367 g/mol. The van der Waals surface area contributed by atoms with E-state index in [2.05, 4.69) is 50.2 Å². The van der Waals surface area contributed by atoms with E-state index in [-0.39, 0.29) is 18.2 Å². The van der Waals surface area contributed by atoms with Gasteiger partial charge in [-0.25, -0.2) is 0 Å². The molecule has 0 N–H and O–H groups in total. The number of Topliss-reactive ketones (excluding diaryl/α,β-unsaturated/α-hetero) is 1. The molecule has 1 heterocycles. The van der Waals surface area contributed by atoms with Gasteiger partial charge in [0.2, 0.25) is 0 Å². The van der Waals surface area contributed by atoms with Gasteiger partial charge in [-0.2, -0.15) is 0 Å². The van der Waals surface area contributed by atoms with Gasteiger partial charge >= 0.3 is 0 Å². The number of carbonyl (C=O) groups excluding carboxylic acids is 1. The van der Waals surface area contributed by atoms with Crippen LogP contribution in [0.15, 0.2) is 60.7 Å². The molecular weight excluding hydrogens is 338 g/mol. The highest BCUT2D eigenvalue weighted by atomic mass is 16.7. The van der Waals surface area contributed by atoms with Crippen LogP contribution < -0.4 is 0 Å². The zero-order valence-electron chi connectivity index (χ0n) is 16.4. The van der Waals surface area contributed by atoms with Gasteiger partial charge in [-0.15, -0.1) is 0 Å². The molecule has 1 fully saturated rings. The predicted molar refractivity (Wildman–Crippen MR) is 107 cm³/mol. The van der Waals surface area contributed by atoms with Crippen molar-refractivity contribution in [1.29, 1.82) is 0 Å². The second-order valence-electron chi connectivity index (χ2n) is 7.45. The number of ether oxygens (including phenoxy) is 2. The number of rotatable bonds is 8. The lowest BCUT2D eigenvalue weighted by Crippen LogP contribution is -2.44. The minimum atomic E-state index is -0.735. The molecule has 0 aromatic heterocycles. The van der Waals surface area contributed by atoms with E-state index in [1.807, 2.05) is 36.4 Å². The Balaban J connectivity index is 2.10. The van der Waals surface area contributed by atoms with Gasteiger partial charge in [-0.05, 0) is 38.6 Å². The first-order valence-electron chi connectivity index (χ1n) is 9.58. The number of hydrogen-bond donors (Lipinski definition) is 0. The molecule has 0 unspecified atom stereocenters. The number of ketones is 1. The van der Waals surface area contributed by atoms with Gasteiger partial charge in [0, 0.05) is 6.04 Å². The molecule has 2 aromatic carbocycles. The van der Waals surface area contributed by atoms with Crippen molar-refractivity contribution in [2.45, 2.75) is 37.5 Å². The molecule has 3 rings (SSSR count). The van der Waals surface area contributed by atoms with Crippen LogP contribution in [0.5, 0.6) is 0 Å². The Labute approximate surface area is 162 Å². The normalized spacial score (nSPS) is 16.6. The molecule has 27 heavy (non-hydrogen) atoms. The van der Waals surface area contributed by atoms with Crippen LogP contribution in [0.3, 0.4) is 0 Å². The lowest BCUT2D eigenvalue weighted by Gasteiger charge is -2.38.